The first kappa shape index (κ1) is 23.0. The van der Waals surface area contributed by atoms with Crippen molar-refractivity contribution in [2.24, 2.45) is 0 Å². The standard InChI is InChI=1S/C20H39N3O2SSi/c1-15-12-22(13-16(2)24)9-10-23(15)14-18-11-21-19(26-18)17(3)25-27(7,8)20(4,5)6/h11,15-17,24H,9-10,12-14H2,1-8H3. The van der Waals surface area contributed by atoms with Gasteiger partial charge in [0.05, 0.1) is 12.2 Å². The molecule has 0 saturated carbocycles. The van der Waals surface area contributed by atoms with Crippen molar-refractivity contribution in [2.45, 2.75) is 84.5 Å². The van der Waals surface area contributed by atoms with E-state index in [4.69, 9.17) is 4.43 Å². The molecule has 7 heteroatoms. The average molecular weight is 414 g/mol. The van der Waals surface area contributed by atoms with Gasteiger partial charge in [0, 0.05) is 49.8 Å². The van der Waals surface area contributed by atoms with E-state index in [1.165, 1.54) is 4.88 Å². The highest BCUT2D eigenvalue weighted by Gasteiger charge is 2.39. The second-order valence-electron chi connectivity index (χ2n) is 9.61. The molecule has 1 N–H and O–H groups in total. The predicted octanol–water partition coefficient (Wildman–Crippen LogP) is 4.11. The number of β-amino-alcohol motifs (C(OH)–C–C–N with tert-alkyl or cyclic N) is 1. The molecule has 5 nitrogen and oxygen atoms in total. The van der Waals surface area contributed by atoms with E-state index in [0.717, 1.165) is 37.7 Å². The third kappa shape index (κ3) is 6.34. The summed E-state index contributed by atoms with van der Waals surface area (Å²) in [7, 11) is -1.79. The van der Waals surface area contributed by atoms with E-state index in [0.29, 0.717) is 6.04 Å². The van der Waals surface area contributed by atoms with Crippen LogP contribution in [-0.4, -0.2) is 66.5 Å². The lowest BCUT2D eigenvalue weighted by Gasteiger charge is -2.40. The summed E-state index contributed by atoms with van der Waals surface area (Å²) < 4.78 is 6.51. The molecular formula is C20H39N3O2SSi. The molecular weight excluding hydrogens is 374 g/mol. The number of hydrogen-bond acceptors (Lipinski definition) is 6. The van der Waals surface area contributed by atoms with E-state index >= 15 is 0 Å². The lowest BCUT2D eigenvalue weighted by molar-refractivity contribution is 0.0477. The molecule has 1 aromatic heterocycles. The molecule has 0 aromatic carbocycles. The Morgan fingerprint density at radius 3 is 2.56 bits per heavy atom. The summed E-state index contributed by atoms with van der Waals surface area (Å²) in [5.74, 6) is 0. The molecule has 0 spiro atoms. The topological polar surface area (TPSA) is 48.8 Å². The van der Waals surface area contributed by atoms with Gasteiger partial charge in [0.25, 0.3) is 0 Å². The van der Waals surface area contributed by atoms with E-state index in [1.54, 1.807) is 11.3 Å². The number of hydrogen-bond donors (Lipinski definition) is 1. The van der Waals surface area contributed by atoms with Crippen molar-refractivity contribution in [1.82, 2.24) is 14.8 Å². The lowest BCUT2D eigenvalue weighted by atomic mass is 10.1. The third-order valence-electron chi connectivity index (χ3n) is 5.93. The van der Waals surface area contributed by atoms with Crippen molar-refractivity contribution < 1.29 is 9.53 Å². The first-order valence-electron chi connectivity index (χ1n) is 10.2. The molecule has 0 radical (unpaired) electrons. The van der Waals surface area contributed by atoms with Crippen molar-refractivity contribution in [3.05, 3.63) is 16.1 Å². The first-order valence-corrected chi connectivity index (χ1v) is 13.9. The summed E-state index contributed by atoms with van der Waals surface area (Å²) >= 11 is 1.79. The summed E-state index contributed by atoms with van der Waals surface area (Å²) in [5.41, 5.74) is 0. The highest BCUT2D eigenvalue weighted by atomic mass is 32.1. The maximum atomic E-state index is 9.61. The van der Waals surface area contributed by atoms with Gasteiger partial charge < -0.3 is 9.53 Å². The first-order chi connectivity index (χ1) is 12.4. The monoisotopic (exact) mass is 413 g/mol. The molecule has 1 aliphatic heterocycles. The third-order valence-corrected chi connectivity index (χ3v) is 11.6. The molecule has 3 atom stereocenters. The number of aromatic nitrogens is 1. The van der Waals surface area contributed by atoms with Gasteiger partial charge in [0.1, 0.15) is 5.01 Å². The van der Waals surface area contributed by atoms with E-state index in [-0.39, 0.29) is 17.2 Å². The highest BCUT2D eigenvalue weighted by Crippen LogP contribution is 2.40. The maximum Gasteiger partial charge on any atom is 0.193 e. The van der Waals surface area contributed by atoms with Crippen LogP contribution in [0.5, 0.6) is 0 Å². The van der Waals surface area contributed by atoms with Crippen molar-refractivity contribution in [3.63, 3.8) is 0 Å². The smallest absolute Gasteiger partial charge is 0.193 e. The van der Waals surface area contributed by atoms with Gasteiger partial charge in [0.15, 0.2) is 8.32 Å². The normalized spacial score (nSPS) is 22.8. The van der Waals surface area contributed by atoms with Gasteiger partial charge in [-0.15, -0.1) is 11.3 Å². The zero-order valence-corrected chi connectivity index (χ0v) is 20.3. The average Bonchev–Trinajstić information content (AvgIpc) is 2.96. The molecule has 1 saturated heterocycles. The largest absolute Gasteiger partial charge is 0.408 e. The minimum Gasteiger partial charge on any atom is -0.408 e. The maximum absolute atomic E-state index is 9.61. The highest BCUT2D eigenvalue weighted by molar-refractivity contribution is 7.11. The van der Waals surface area contributed by atoms with E-state index in [2.05, 4.69) is 62.5 Å². The fraction of sp³-hybridized carbons (Fsp3) is 0.850. The molecule has 2 rings (SSSR count). The van der Waals surface area contributed by atoms with Gasteiger partial charge in [-0.2, -0.15) is 0 Å². The van der Waals surface area contributed by atoms with E-state index in [1.807, 2.05) is 13.1 Å². The van der Waals surface area contributed by atoms with Crippen LogP contribution < -0.4 is 0 Å². The molecule has 0 aliphatic carbocycles. The SMILES string of the molecule is CC(O)CN1CCN(Cc2cnc(C(C)O[Si](C)(C)C(C)(C)C)s2)C(C)C1. The summed E-state index contributed by atoms with van der Waals surface area (Å²) in [6.45, 7) is 22.5. The van der Waals surface area contributed by atoms with Crippen LogP contribution in [0.1, 0.15) is 57.5 Å². The number of aliphatic hydroxyl groups excluding tert-OH is 1. The molecule has 3 unspecified atom stereocenters. The molecule has 0 bridgehead atoms. The summed E-state index contributed by atoms with van der Waals surface area (Å²) in [6, 6.07) is 0.490. The van der Waals surface area contributed by atoms with Crippen LogP contribution in [-0.2, 0) is 11.0 Å². The zero-order valence-electron chi connectivity index (χ0n) is 18.5. The molecule has 1 fully saturated rings. The Balaban J connectivity index is 1.92. The number of thiazole rings is 1. The molecule has 1 aliphatic rings. The van der Waals surface area contributed by atoms with E-state index < -0.39 is 8.32 Å². The number of rotatable bonds is 7. The summed E-state index contributed by atoms with van der Waals surface area (Å²) in [4.78, 5) is 10.9. The second kappa shape index (κ2) is 9.01. The van der Waals surface area contributed by atoms with Crippen LogP contribution in [0.3, 0.4) is 0 Å². The van der Waals surface area contributed by atoms with Crippen LogP contribution in [0.2, 0.25) is 18.1 Å². The van der Waals surface area contributed by atoms with Crippen LogP contribution >= 0.6 is 11.3 Å². The molecule has 2 heterocycles. The summed E-state index contributed by atoms with van der Waals surface area (Å²) in [6.07, 6.45) is 1.83. The van der Waals surface area contributed by atoms with Gasteiger partial charge in [-0.05, 0) is 38.9 Å². The van der Waals surface area contributed by atoms with Gasteiger partial charge in [-0.25, -0.2) is 4.98 Å². The number of nitrogens with zero attached hydrogens (tertiary/aromatic N) is 3. The van der Waals surface area contributed by atoms with Gasteiger partial charge in [-0.3, -0.25) is 9.80 Å². The quantitative estimate of drug-likeness (QED) is 0.682. The zero-order chi connectivity index (χ0) is 20.4. The minimum atomic E-state index is -1.79. The van der Waals surface area contributed by atoms with Crippen molar-refractivity contribution in [3.8, 4) is 0 Å². The Labute approximate surface area is 170 Å². The van der Waals surface area contributed by atoms with Gasteiger partial charge in [0.2, 0.25) is 0 Å². The Bertz CT molecular complexity index is 600. The Hall–Kier alpha value is -0.313. The Kier molecular flexibility index (Phi) is 7.66. The Morgan fingerprint density at radius 1 is 1.33 bits per heavy atom. The van der Waals surface area contributed by atoms with Crippen LogP contribution in [0, 0.1) is 0 Å². The fourth-order valence-corrected chi connectivity index (χ4v) is 5.66. The van der Waals surface area contributed by atoms with Gasteiger partial charge in [-0.1, -0.05) is 20.8 Å². The van der Waals surface area contributed by atoms with Crippen molar-refractivity contribution in [2.75, 3.05) is 26.2 Å². The number of aliphatic hydroxyl groups is 1. The van der Waals surface area contributed by atoms with Crippen molar-refractivity contribution in [1.29, 1.82) is 0 Å². The van der Waals surface area contributed by atoms with E-state index in [9.17, 15) is 5.11 Å². The summed E-state index contributed by atoms with van der Waals surface area (Å²) in [5, 5.41) is 10.9. The minimum absolute atomic E-state index is 0.0601. The van der Waals surface area contributed by atoms with Crippen LogP contribution in [0.25, 0.3) is 0 Å². The lowest BCUT2D eigenvalue weighted by Crippen LogP contribution is -2.52. The Morgan fingerprint density at radius 2 is 2.00 bits per heavy atom. The molecule has 156 valence electrons. The number of piperazine rings is 1. The van der Waals surface area contributed by atoms with Crippen molar-refractivity contribution >= 4 is 19.7 Å². The molecule has 27 heavy (non-hydrogen) atoms. The second-order valence-corrected chi connectivity index (χ2v) is 15.5. The molecule has 1 aromatic rings. The van der Waals surface area contributed by atoms with Gasteiger partial charge >= 0.3 is 0 Å². The molecule has 0 amide bonds. The van der Waals surface area contributed by atoms with Crippen LogP contribution in [0.15, 0.2) is 6.20 Å². The predicted molar refractivity (Wildman–Crippen MR) is 117 cm³/mol. The van der Waals surface area contributed by atoms with Crippen LogP contribution in [0.4, 0.5) is 0 Å². The fourth-order valence-electron chi connectivity index (χ4n) is 3.30.